The van der Waals surface area contributed by atoms with Crippen molar-refractivity contribution in [3.05, 3.63) is 0 Å². The third-order valence-electron chi connectivity index (χ3n) is 2.28. The van der Waals surface area contributed by atoms with Gasteiger partial charge in [0.05, 0.1) is 6.61 Å². The molecule has 0 fully saturated rings. The first-order valence-electron chi connectivity index (χ1n) is 6.01. The van der Waals surface area contributed by atoms with E-state index in [0.717, 1.165) is 12.8 Å². The maximum absolute atomic E-state index is 10.3. The van der Waals surface area contributed by atoms with Gasteiger partial charge in [0.1, 0.15) is 0 Å². The molecule has 0 saturated carbocycles. The van der Waals surface area contributed by atoms with Gasteiger partial charge in [-0.3, -0.25) is 4.84 Å². The summed E-state index contributed by atoms with van der Waals surface area (Å²) in [4.78, 5) is 21.5. The van der Waals surface area contributed by atoms with Crippen molar-refractivity contribution in [3.8, 4) is 0 Å². The van der Waals surface area contributed by atoms with E-state index in [2.05, 4.69) is 11.8 Å². The molecule has 0 atom stereocenters. The Labute approximate surface area is 97.7 Å². The van der Waals surface area contributed by atoms with Crippen molar-refractivity contribution in [2.24, 2.45) is 0 Å². The molecule has 0 aliphatic rings. The van der Waals surface area contributed by atoms with Crippen LogP contribution in [-0.2, 0) is 9.40 Å². The summed E-state index contributed by atoms with van der Waals surface area (Å²) in [6.07, 6.45) is 9.48. The highest BCUT2D eigenvalue weighted by atomic mass is 31.2. The van der Waals surface area contributed by atoms with Crippen molar-refractivity contribution in [3.63, 3.8) is 0 Å². The van der Waals surface area contributed by atoms with E-state index >= 15 is 0 Å². The quantitative estimate of drug-likeness (QED) is 0.300. The van der Waals surface area contributed by atoms with Crippen molar-refractivity contribution in [1.29, 1.82) is 0 Å². The monoisotopic (exact) mass is 253 g/mol. The van der Waals surface area contributed by atoms with E-state index in [1.165, 1.54) is 38.5 Å². The van der Waals surface area contributed by atoms with E-state index in [9.17, 15) is 4.57 Å². The molecule has 0 radical (unpaired) electrons. The van der Waals surface area contributed by atoms with Gasteiger partial charge in [-0.25, -0.2) is 4.57 Å². The number of nitrogens with one attached hydrogen (secondary N) is 1. The van der Waals surface area contributed by atoms with Crippen LogP contribution in [0.1, 0.15) is 58.3 Å². The molecule has 0 heterocycles. The molecular weight excluding hydrogens is 229 g/mol. The smallest absolute Gasteiger partial charge is 0.311 e. The van der Waals surface area contributed by atoms with Crippen molar-refractivity contribution < 1.29 is 19.2 Å². The predicted octanol–water partition coefficient (Wildman–Crippen LogP) is 2.74. The van der Waals surface area contributed by atoms with E-state index < -0.39 is 7.75 Å². The van der Waals surface area contributed by atoms with Gasteiger partial charge in [-0.15, -0.1) is 5.25 Å². The molecule has 0 aliphatic heterocycles. The van der Waals surface area contributed by atoms with E-state index in [4.69, 9.17) is 9.79 Å². The maximum Gasteiger partial charge on any atom is 0.423 e. The van der Waals surface area contributed by atoms with Crippen LogP contribution in [-0.4, -0.2) is 16.4 Å². The van der Waals surface area contributed by atoms with Crippen LogP contribution in [0.4, 0.5) is 0 Å². The van der Waals surface area contributed by atoms with Gasteiger partial charge in [-0.1, -0.05) is 51.9 Å². The zero-order valence-electron chi connectivity index (χ0n) is 10.0. The summed E-state index contributed by atoms with van der Waals surface area (Å²) in [6.45, 7) is 2.55. The second-order valence-corrected chi connectivity index (χ2v) is 5.23. The number of unbranched alkanes of at least 4 members (excludes halogenated alkanes) is 7. The Balaban J connectivity index is 3.02. The van der Waals surface area contributed by atoms with E-state index in [-0.39, 0.29) is 0 Å². The number of hydrogen-bond acceptors (Lipinski definition) is 2. The second-order valence-electron chi connectivity index (χ2n) is 3.96. The van der Waals surface area contributed by atoms with Gasteiger partial charge in [0.15, 0.2) is 0 Å². The van der Waals surface area contributed by atoms with E-state index in [1.54, 1.807) is 5.25 Å². The van der Waals surface area contributed by atoms with Crippen LogP contribution in [0.2, 0.25) is 0 Å². The van der Waals surface area contributed by atoms with Gasteiger partial charge in [-0.05, 0) is 6.42 Å². The molecule has 16 heavy (non-hydrogen) atoms. The first-order chi connectivity index (χ1) is 7.56. The molecule has 6 heteroatoms. The van der Waals surface area contributed by atoms with E-state index in [1.807, 2.05) is 0 Å². The Bertz CT molecular complexity index is 195. The summed E-state index contributed by atoms with van der Waals surface area (Å²) in [5.74, 6) is 0. The molecule has 0 aliphatic carbocycles. The number of rotatable bonds is 11. The third-order valence-corrected chi connectivity index (χ3v) is 2.65. The molecule has 98 valence electrons. The van der Waals surface area contributed by atoms with Gasteiger partial charge < -0.3 is 9.79 Å². The van der Waals surface area contributed by atoms with Crippen molar-refractivity contribution in [2.45, 2.75) is 58.3 Å². The summed E-state index contributed by atoms with van der Waals surface area (Å²) >= 11 is 0. The molecule has 0 spiro atoms. The van der Waals surface area contributed by atoms with E-state index in [0.29, 0.717) is 6.61 Å². The summed E-state index contributed by atoms with van der Waals surface area (Å²) in [7, 11) is -4.21. The van der Waals surface area contributed by atoms with Gasteiger partial charge in [0.2, 0.25) is 0 Å². The standard InChI is InChI=1S/C10H24NO4P/c1-2-3-4-5-6-7-8-9-10-15-11-16(12,13)14/h2-10H2,1H3,(H3,11,12,13,14). The maximum atomic E-state index is 10.3. The van der Waals surface area contributed by atoms with Gasteiger partial charge in [-0.2, -0.15) is 0 Å². The van der Waals surface area contributed by atoms with Crippen LogP contribution in [0.5, 0.6) is 0 Å². The normalized spacial score (nSPS) is 11.9. The Kier molecular flexibility index (Phi) is 10.3. The van der Waals surface area contributed by atoms with Crippen molar-refractivity contribution in [1.82, 2.24) is 5.25 Å². The van der Waals surface area contributed by atoms with Gasteiger partial charge >= 0.3 is 7.75 Å². The van der Waals surface area contributed by atoms with Crippen LogP contribution in [0, 0.1) is 0 Å². The lowest BCUT2D eigenvalue weighted by Gasteiger charge is -2.06. The van der Waals surface area contributed by atoms with Crippen molar-refractivity contribution >= 4 is 7.75 Å². The SMILES string of the molecule is CCCCCCCCCCONP(=O)(O)O. The minimum Gasteiger partial charge on any atom is -0.311 e. The molecule has 3 N–H and O–H groups in total. The second kappa shape index (κ2) is 10.2. The highest BCUT2D eigenvalue weighted by molar-refractivity contribution is 7.49. The zero-order chi connectivity index (χ0) is 12.3. The molecule has 5 nitrogen and oxygen atoms in total. The third kappa shape index (κ3) is 14.1. The topological polar surface area (TPSA) is 78.8 Å². The largest absolute Gasteiger partial charge is 0.423 e. The summed E-state index contributed by atoms with van der Waals surface area (Å²) in [5, 5.41) is 1.71. The molecule has 0 rings (SSSR count). The lowest BCUT2D eigenvalue weighted by molar-refractivity contribution is 0.0698. The van der Waals surface area contributed by atoms with Crippen LogP contribution < -0.4 is 5.25 Å². The lowest BCUT2D eigenvalue weighted by Crippen LogP contribution is -2.11. The minimum atomic E-state index is -4.21. The average molecular weight is 253 g/mol. The molecular formula is C10H24NO4P. The fraction of sp³-hybridized carbons (Fsp3) is 1.00. The molecule has 0 aromatic rings. The van der Waals surface area contributed by atoms with Crippen LogP contribution in [0.3, 0.4) is 0 Å². The summed E-state index contributed by atoms with van der Waals surface area (Å²) in [6, 6.07) is 0. The first kappa shape index (κ1) is 16.1. The fourth-order valence-electron chi connectivity index (χ4n) is 1.44. The molecule has 0 bridgehead atoms. The zero-order valence-corrected chi connectivity index (χ0v) is 10.9. The number of hydrogen-bond donors (Lipinski definition) is 3. The Hall–Kier alpha value is 0.0700. The lowest BCUT2D eigenvalue weighted by atomic mass is 10.1. The van der Waals surface area contributed by atoms with Crippen LogP contribution in [0.15, 0.2) is 0 Å². The molecule has 0 aromatic heterocycles. The summed E-state index contributed by atoms with van der Waals surface area (Å²) in [5.41, 5.74) is 0. The Morgan fingerprint density at radius 2 is 1.50 bits per heavy atom. The highest BCUT2D eigenvalue weighted by Crippen LogP contribution is 2.27. The van der Waals surface area contributed by atoms with Gasteiger partial charge in [0, 0.05) is 0 Å². The first-order valence-corrected chi connectivity index (χ1v) is 7.62. The minimum absolute atomic E-state index is 0.347. The fourth-order valence-corrected chi connectivity index (χ4v) is 1.70. The van der Waals surface area contributed by atoms with Crippen LogP contribution in [0.25, 0.3) is 0 Å². The molecule has 0 amide bonds. The van der Waals surface area contributed by atoms with Crippen LogP contribution >= 0.6 is 7.75 Å². The van der Waals surface area contributed by atoms with Gasteiger partial charge in [0.25, 0.3) is 0 Å². The average Bonchev–Trinajstić information content (AvgIpc) is 2.19. The molecule has 0 unspecified atom stereocenters. The highest BCUT2D eigenvalue weighted by Gasteiger charge is 2.10. The molecule has 0 saturated heterocycles. The predicted molar refractivity (Wildman–Crippen MR) is 63.7 cm³/mol. The van der Waals surface area contributed by atoms with Crippen molar-refractivity contribution in [2.75, 3.05) is 6.61 Å². The Morgan fingerprint density at radius 3 is 2.00 bits per heavy atom. The Morgan fingerprint density at radius 1 is 1.00 bits per heavy atom. The molecule has 0 aromatic carbocycles. The summed E-state index contributed by atoms with van der Waals surface area (Å²) < 4.78 is 10.3.